The number of piperazine rings is 1. The van der Waals surface area contributed by atoms with E-state index in [1.54, 1.807) is 4.90 Å². The number of urea groups is 1. The van der Waals surface area contributed by atoms with E-state index in [4.69, 9.17) is 4.74 Å². The maximum Gasteiger partial charge on any atom is 0.321 e. The van der Waals surface area contributed by atoms with Crippen LogP contribution in [0.3, 0.4) is 0 Å². The van der Waals surface area contributed by atoms with Crippen molar-refractivity contribution in [1.82, 2.24) is 4.90 Å². The summed E-state index contributed by atoms with van der Waals surface area (Å²) in [5.41, 5.74) is 1.24. The van der Waals surface area contributed by atoms with Gasteiger partial charge < -0.3 is 19.9 Å². The highest BCUT2D eigenvalue weighted by Gasteiger charge is 2.23. The third-order valence-corrected chi connectivity index (χ3v) is 4.31. The Morgan fingerprint density at radius 1 is 1.04 bits per heavy atom. The summed E-state index contributed by atoms with van der Waals surface area (Å²) in [7, 11) is 0. The number of ether oxygens (including phenoxy) is 1. The fourth-order valence-corrected chi connectivity index (χ4v) is 3.00. The predicted molar refractivity (Wildman–Crippen MR) is 101 cm³/mol. The van der Waals surface area contributed by atoms with E-state index >= 15 is 0 Å². The molecule has 5 nitrogen and oxygen atoms in total. The molecule has 0 unspecified atom stereocenters. The van der Waals surface area contributed by atoms with Crippen LogP contribution >= 0.6 is 0 Å². The van der Waals surface area contributed by atoms with Gasteiger partial charge in [0.1, 0.15) is 5.75 Å². The molecule has 0 aliphatic carbocycles. The Hall–Kier alpha value is -2.83. The topological polar surface area (TPSA) is 44.8 Å². The first-order chi connectivity index (χ1) is 12.9. The minimum absolute atomic E-state index is 0.0781. The lowest BCUT2D eigenvalue weighted by molar-refractivity contribution is 0.207. The normalized spacial score (nSPS) is 14.4. The van der Waals surface area contributed by atoms with Crippen LogP contribution in [0.25, 0.3) is 0 Å². The molecule has 0 spiro atoms. The molecule has 0 atom stereocenters. The number of rotatable bonds is 4. The highest BCUT2D eigenvalue weighted by molar-refractivity contribution is 5.89. The average molecular weight is 375 g/mol. The number of para-hydroxylation sites is 2. The molecule has 1 fully saturated rings. The van der Waals surface area contributed by atoms with Crippen molar-refractivity contribution in [3.05, 3.63) is 54.1 Å². The molecule has 7 heteroatoms. The Morgan fingerprint density at radius 2 is 1.74 bits per heavy atom. The minimum atomic E-state index is -0.987. The van der Waals surface area contributed by atoms with E-state index in [2.05, 4.69) is 10.2 Å². The van der Waals surface area contributed by atoms with Crippen LogP contribution in [0.1, 0.15) is 13.8 Å². The van der Waals surface area contributed by atoms with Crippen LogP contribution in [0.15, 0.2) is 42.5 Å². The first-order valence-corrected chi connectivity index (χ1v) is 8.95. The zero-order chi connectivity index (χ0) is 19.4. The molecule has 2 aromatic rings. The van der Waals surface area contributed by atoms with Gasteiger partial charge in [0.2, 0.25) is 0 Å². The fourth-order valence-electron chi connectivity index (χ4n) is 3.00. The van der Waals surface area contributed by atoms with Crippen LogP contribution in [-0.4, -0.2) is 43.2 Å². The highest BCUT2D eigenvalue weighted by atomic mass is 19.2. The molecule has 1 saturated heterocycles. The molecular weight excluding hydrogens is 352 g/mol. The van der Waals surface area contributed by atoms with Gasteiger partial charge in [0.25, 0.3) is 0 Å². The number of hydrogen-bond donors (Lipinski definition) is 1. The number of halogens is 2. The monoisotopic (exact) mass is 375 g/mol. The van der Waals surface area contributed by atoms with E-state index in [0.29, 0.717) is 26.2 Å². The van der Waals surface area contributed by atoms with E-state index in [1.807, 2.05) is 38.1 Å². The number of nitrogens with one attached hydrogen (secondary N) is 1. The van der Waals surface area contributed by atoms with Crippen molar-refractivity contribution in [2.24, 2.45) is 0 Å². The van der Waals surface area contributed by atoms with E-state index in [9.17, 15) is 13.6 Å². The maximum atomic E-state index is 13.3. The van der Waals surface area contributed by atoms with E-state index < -0.39 is 11.6 Å². The summed E-state index contributed by atoms with van der Waals surface area (Å²) in [6.45, 7) is 6.32. The van der Waals surface area contributed by atoms with Crippen LogP contribution < -0.4 is 15.0 Å². The van der Waals surface area contributed by atoms with Crippen molar-refractivity contribution in [1.29, 1.82) is 0 Å². The lowest BCUT2D eigenvalue weighted by Crippen LogP contribution is -2.50. The first kappa shape index (κ1) is 18.9. The summed E-state index contributed by atoms with van der Waals surface area (Å²) >= 11 is 0. The largest absolute Gasteiger partial charge is 0.489 e. The van der Waals surface area contributed by atoms with Crippen LogP contribution in [0, 0.1) is 11.6 Å². The number of carbonyl (C=O) groups is 1. The highest BCUT2D eigenvalue weighted by Crippen LogP contribution is 2.29. The molecule has 1 N–H and O–H groups in total. The molecule has 1 heterocycles. The Labute approximate surface area is 157 Å². The van der Waals surface area contributed by atoms with Gasteiger partial charge in [-0.25, -0.2) is 13.6 Å². The van der Waals surface area contributed by atoms with Crippen molar-refractivity contribution < 1.29 is 18.3 Å². The second kappa shape index (κ2) is 8.24. The molecule has 0 aromatic heterocycles. The van der Waals surface area contributed by atoms with Crippen LogP contribution in [0.4, 0.5) is 25.0 Å². The minimum Gasteiger partial charge on any atom is -0.489 e. The van der Waals surface area contributed by atoms with Gasteiger partial charge in [-0.05, 0) is 38.1 Å². The molecule has 3 rings (SSSR count). The number of benzene rings is 2. The Morgan fingerprint density at radius 3 is 2.41 bits per heavy atom. The third-order valence-electron chi connectivity index (χ3n) is 4.31. The van der Waals surface area contributed by atoms with E-state index in [0.717, 1.165) is 23.6 Å². The SMILES string of the molecule is CC(C)Oc1ccccc1N1CCN(C(=O)Nc2ccc(F)c(F)c2)CC1. The van der Waals surface area contributed by atoms with Gasteiger partial charge in [-0.3, -0.25) is 0 Å². The molecule has 144 valence electrons. The number of anilines is 2. The van der Waals surface area contributed by atoms with Crippen LogP contribution in [0.5, 0.6) is 5.75 Å². The van der Waals surface area contributed by atoms with Gasteiger partial charge >= 0.3 is 6.03 Å². The van der Waals surface area contributed by atoms with Crippen LogP contribution in [0.2, 0.25) is 0 Å². The smallest absolute Gasteiger partial charge is 0.321 e. The number of amides is 2. The van der Waals surface area contributed by atoms with E-state index in [1.165, 1.54) is 6.07 Å². The van der Waals surface area contributed by atoms with Gasteiger partial charge in [0.15, 0.2) is 11.6 Å². The van der Waals surface area contributed by atoms with Gasteiger partial charge in [-0.1, -0.05) is 12.1 Å². The number of carbonyl (C=O) groups excluding carboxylic acids is 1. The molecule has 0 saturated carbocycles. The van der Waals surface area contributed by atoms with Crippen molar-refractivity contribution in [2.75, 3.05) is 36.4 Å². The van der Waals surface area contributed by atoms with Gasteiger partial charge in [0, 0.05) is 37.9 Å². The molecule has 2 aromatic carbocycles. The summed E-state index contributed by atoms with van der Waals surface area (Å²) in [5.74, 6) is -1.10. The maximum absolute atomic E-state index is 13.3. The average Bonchev–Trinajstić information content (AvgIpc) is 2.65. The third kappa shape index (κ3) is 4.67. The van der Waals surface area contributed by atoms with Gasteiger partial charge in [-0.2, -0.15) is 0 Å². The van der Waals surface area contributed by atoms with Crippen molar-refractivity contribution in [3.8, 4) is 5.75 Å². The second-order valence-corrected chi connectivity index (χ2v) is 6.67. The zero-order valence-corrected chi connectivity index (χ0v) is 15.4. The number of nitrogens with zero attached hydrogens (tertiary/aromatic N) is 2. The van der Waals surface area contributed by atoms with Crippen molar-refractivity contribution in [3.63, 3.8) is 0 Å². The summed E-state index contributed by atoms with van der Waals surface area (Å²) in [6, 6.07) is 10.8. The summed E-state index contributed by atoms with van der Waals surface area (Å²) in [6.07, 6.45) is 0.0781. The molecule has 27 heavy (non-hydrogen) atoms. The van der Waals surface area contributed by atoms with Crippen molar-refractivity contribution in [2.45, 2.75) is 20.0 Å². The predicted octanol–water partition coefficient (Wildman–Crippen LogP) is 4.11. The molecule has 1 aliphatic heterocycles. The second-order valence-electron chi connectivity index (χ2n) is 6.67. The molecule has 2 amide bonds. The zero-order valence-electron chi connectivity index (χ0n) is 15.4. The summed E-state index contributed by atoms with van der Waals surface area (Å²) in [5, 5.41) is 2.61. The Bertz CT molecular complexity index is 806. The number of hydrogen-bond acceptors (Lipinski definition) is 3. The van der Waals surface area contributed by atoms with Crippen LogP contribution in [-0.2, 0) is 0 Å². The van der Waals surface area contributed by atoms with Gasteiger partial charge in [0.05, 0.1) is 11.8 Å². The Balaban J connectivity index is 1.60. The van der Waals surface area contributed by atoms with E-state index in [-0.39, 0.29) is 17.8 Å². The molecular formula is C20H23F2N3O2. The summed E-state index contributed by atoms with van der Waals surface area (Å²) in [4.78, 5) is 16.2. The first-order valence-electron chi connectivity index (χ1n) is 8.95. The van der Waals surface area contributed by atoms with Crippen molar-refractivity contribution >= 4 is 17.4 Å². The lowest BCUT2D eigenvalue weighted by atomic mass is 10.2. The molecule has 0 radical (unpaired) electrons. The molecule has 1 aliphatic rings. The Kier molecular flexibility index (Phi) is 5.78. The summed E-state index contributed by atoms with van der Waals surface area (Å²) < 4.78 is 32.1. The van der Waals surface area contributed by atoms with Gasteiger partial charge in [-0.15, -0.1) is 0 Å². The molecule has 0 bridgehead atoms. The quantitative estimate of drug-likeness (QED) is 0.875. The fraction of sp³-hybridized carbons (Fsp3) is 0.350. The lowest BCUT2D eigenvalue weighted by Gasteiger charge is -2.36. The standard InChI is InChI=1S/C20H23F2N3O2/c1-14(2)27-19-6-4-3-5-18(19)24-9-11-25(12-10-24)20(26)23-15-7-8-16(21)17(22)13-15/h3-8,13-14H,9-12H2,1-2H3,(H,23,26).